The van der Waals surface area contributed by atoms with Crippen LogP contribution >= 0.6 is 0 Å². The van der Waals surface area contributed by atoms with Gasteiger partial charge in [-0.15, -0.1) is 0 Å². The van der Waals surface area contributed by atoms with Crippen molar-refractivity contribution in [3.05, 3.63) is 0 Å². The highest BCUT2D eigenvalue weighted by atomic mass is 16.2. The average Bonchev–Trinajstić information content (AvgIpc) is 3.10. The first-order chi connectivity index (χ1) is 8.19. The van der Waals surface area contributed by atoms with E-state index in [9.17, 15) is 4.79 Å². The van der Waals surface area contributed by atoms with Gasteiger partial charge in [-0.2, -0.15) is 5.10 Å². The van der Waals surface area contributed by atoms with E-state index < -0.39 is 0 Å². The van der Waals surface area contributed by atoms with Crippen LogP contribution in [-0.2, 0) is 4.79 Å². The van der Waals surface area contributed by atoms with Gasteiger partial charge in [0.1, 0.15) is 0 Å². The highest BCUT2D eigenvalue weighted by Gasteiger charge is 2.41. The summed E-state index contributed by atoms with van der Waals surface area (Å²) < 4.78 is 0. The molecule has 4 heteroatoms. The van der Waals surface area contributed by atoms with Gasteiger partial charge in [-0.1, -0.05) is 13.3 Å². The Labute approximate surface area is 103 Å². The van der Waals surface area contributed by atoms with E-state index in [4.69, 9.17) is 5.73 Å². The lowest BCUT2D eigenvalue weighted by atomic mass is 9.96. The van der Waals surface area contributed by atoms with Crippen molar-refractivity contribution in [1.82, 2.24) is 5.01 Å². The molecule has 4 nitrogen and oxygen atoms in total. The fraction of sp³-hybridized carbons (Fsp3) is 0.846. The van der Waals surface area contributed by atoms with Crippen LogP contribution in [0.15, 0.2) is 5.10 Å². The molecule has 17 heavy (non-hydrogen) atoms. The third kappa shape index (κ3) is 2.51. The molecule has 0 aromatic rings. The number of hydrazone groups is 1. The van der Waals surface area contributed by atoms with Gasteiger partial charge in [0.25, 0.3) is 5.91 Å². The van der Waals surface area contributed by atoms with Crippen molar-refractivity contribution < 1.29 is 4.79 Å². The molecule has 96 valence electrons. The van der Waals surface area contributed by atoms with Gasteiger partial charge in [0.2, 0.25) is 0 Å². The molecule has 2 rings (SSSR count). The van der Waals surface area contributed by atoms with E-state index in [0.717, 1.165) is 25.0 Å². The zero-order valence-electron chi connectivity index (χ0n) is 10.9. The number of nitrogens with two attached hydrogens (primary N) is 1. The topological polar surface area (TPSA) is 58.7 Å². The number of hydrogen-bond donors (Lipinski definition) is 1. The van der Waals surface area contributed by atoms with Crippen molar-refractivity contribution in [3.8, 4) is 0 Å². The van der Waals surface area contributed by atoms with Crippen molar-refractivity contribution >= 4 is 11.6 Å². The predicted molar refractivity (Wildman–Crippen MR) is 68.5 cm³/mol. The van der Waals surface area contributed by atoms with Crippen molar-refractivity contribution in [1.29, 1.82) is 0 Å². The van der Waals surface area contributed by atoms with E-state index >= 15 is 0 Å². The summed E-state index contributed by atoms with van der Waals surface area (Å²) in [7, 11) is 0. The van der Waals surface area contributed by atoms with Crippen molar-refractivity contribution in [2.75, 3.05) is 6.54 Å². The summed E-state index contributed by atoms with van der Waals surface area (Å²) in [5, 5.41) is 6.30. The summed E-state index contributed by atoms with van der Waals surface area (Å²) >= 11 is 0. The number of carbonyl (C=O) groups is 1. The van der Waals surface area contributed by atoms with Crippen molar-refractivity contribution in [2.24, 2.45) is 22.7 Å². The van der Waals surface area contributed by atoms with Crippen LogP contribution < -0.4 is 5.73 Å². The summed E-state index contributed by atoms with van der Waals surface area (Å²) in [5.41, 5.74) is 6.65. The summed E-state index contributed by atoms with van der Waals surface area (Å²) in [5.74, 6) is 0.807. The Bertz CT molecular complexity index is 323. The summed E-state index contributed by atoms with van der Waals surface area (Å²) in [4.78, 5) is 12.3. The van der Waals surface area contributed by atoms with Gasteiger partial charge in [0.05, 0.1) is 17.7 Å². The monoisotopic (exact) mass is 237 g/mol. The molecule has 0 saturated heterocycles. The minimum Gasteiger partial charge on any atom is -0.330 e. The minimum atomic E-state index is -0.0406. The second-order valence-electron chi connectivity index (χ2n) is 5.23. The molecule has 2 N–H and O–H groups in total. The van der Waals surface area contributed by atoms with E-state index in [2.05, 4.69) is 18.9 Å². The summed E-state index contributed by atoms with van der Waals surface area (Å²) in [6.07, 6.45) is 5.19. The molecule has 2 unspecified atom stereocenters. The Kier molecular flexibility index (Phi) is 3.82. The van der Waals surface area contributed by atoms with E-state index in [-0.39, 0.29) is 17.9 Å². The van der Waals surface area contributed by atoms with E-state index in [1.165, 1.54) is 12.8 Å². The highest BCUT2D eigenvalue weighted by molar-refractivity contribution is 6.08. The van der Waals surface area contributed by atoms with Gasteiger partial charge < -0.3 is 5.73 Å². The Morgan fingerprint density at radius 2 is 2.24 bits per heavy atom. The standard InChI is InChI=1S/C13H23N3O/c1-3-4-12-11(7-8-14)13(17)16(15-12)9(2)10-5-6-10/h9-11H,3-8,14H2,1-2H3. The quantitative estimate of drug-likeness (QED) is 0.765. The SMILES string of the molecule is CCCC1=NN(C(C)C2CC2)C(=O)C1CCN. The van der Waals surface area contributed by atoms with Crippen LogP contribution in [0.5, 0.6) is 0 Å². The number of carbonyl (C=O) groups excluding carboxylic acids is 1. The first kappa shape index (κ1) is 12.6. The summed E-state index contributed by atoms with van der Waals surface area (Å²) in [6, 6.07) is 0.275. The van der Waals surface area contributed by atoms with Crippen LogP contribution in [0.25, 0.3) is 0 Å². The molecule has 0 bridgehead atoms. The molecule has 1 heterocycles. The van der Waals surface area contributed by atoms with Gasteiger partial charge in [-0.05, 0) is 45.1 Å². The molecule has 0 aromatic heterocycles. The summed E-state index contributed by atoms with van der Waals surface area (Å²) in [6.45, 7) is 4.80. The molecule has 0 radical (unpaired) electrons. The zero-order chi connectivity index (χ0) is 12.4. The van der Waals surface area contributed by atoms with Crippen molar-refractivity contribution in [2.45, 2.75) is 52.0 Å². The Hall–Kier alpha value is -0.900. The molecular weight excluding hydrogens is 214 g/mol. The van der Waals surface area contributed by atoms with Crippen molar-refractivity contribution in [3.63, 3.8) is 0 Å². The second-order valence-corrected chi connectivity index (χ2v) is 5.23. The largest absolute Gasteiger partial charge is 0.330 e. The average molecular weight is 237 g/mol. The molecular formula is C13H23N3O. The van der Waals surface area contributed by atoms with Gasteiger partial charge in [0.15, 0.2) is 0 Å². The molecule has 2 atom stereocenters. The Morgan fingerprint density at radius 1 is 1.53 bits per heavy atom. The number of nitrogens with zero attached hydrogens (tertiary/aromatic N) is 2. The third-order valence-electron chi connectivity index (χ3n) is 3.81. The van der Waals surface area contributed by atoms with Crippen LogP contribution in [0.4, 0.5) is 0 Å². The maximum absolute atomic E-state index is 12.3. The first-order valence-electron chi connectivity index (χ1n) is 6.79. The minimum absolute atomic E-state index is 0.0406. The first-order valence-corrected chi connectivity index (χ1v) is 6.79. The zero-order valence-corrected chi connectivity index (χ0v) is 10.9. The lowest BCUT2D eigenvalue weighted by molar-refractivity contribution is -0.134. The van der Waals surface area contributed by atoms with E-state index in [1.807, 2.05) is 0 Å². The van der Waals surface area contributed by atoms with Crippen LogP contribution in [0.3, 0.4) is 0 Å². The van der Waals surface area contributed by atoms with Crippen LogP contribution in [0.2, 0.25) is 0 Å². The third-order valence-corrected chi connectivity index (χ3v) is 3.81. The molecule has 2 aliphatic rings. The normalized spacial score (nSPS) is 26.3. The molecule has 1 saturated carbocycles. The number of hydrogen-bond acceptors (Lipinski definition) is 3. The maximum atomic E-state index is 12.3. The predicted octanol–water partition coefficient (Wildman–Crippen LogP) is 1.75. The number of rotatable bonds is 6. The van der Waals surface area contributed by atoms with Gasteiger partial charge in [-0.25, -0.2) is 5.01 Å². The lowest BCUT2D eigenvalue weighted by Crippen LogP contribution is -2.36. The fourth-order valence-corrected chi connectivity index (χ4v) is 2.57. The maximum Gasteiger partial charge on any atom is 0.251 e. The van der Waals surface area contributed by atoms with Gasteiger partial charge >= 0.3 is 0 Å². The van der Waals surface area contributed by atoms with Gasteiger partial charge in [-0.3, -0.25) is 4.79 Å². The van der Waals surface area contributed by atoms with Crippen LogP contribution in [0.1, 0.15) is 46.0 Å². The second kappa shape index (κ2) is 5.17. The highest BCUT2D eigenvalue weighted by Crippen LogP contribution is 2.37. The van der Waals surface area contributed by atoms with Gasteiger partial charge in [0, 0.05) is 0 Å². The van der Waals surface area contributed by atoms with E-state index in [1.54, 1.807) is 5.01 Å². The molecule has 1 aliphatic heterocycles. The van der Waals surface area contributed by atoms with Crippen LogP contribution in [0, 0.1) is 11.8 Å². The molecule has 0 aromatic carbocycles. The fourth-order valence-electron chi connectivity index (χ4n) is 2.57. The lowest BCUT2D eigenvalue weighted by Gasteiger charge is -2.21. The molecule has 1 fully saturated rings. The molecule has 1 amide bonds. The van der Waals surface area contributed by atoms with Crippen LogP contribution in [-0.4, -0.2) is 29.2 Å². The smallest absolute Gasteiger partial charge is 0.251 e. The Balaban J connectivity index is 2.09. The Morgan fingerprint density at radius 3 is 2.76 bits per heavy atom. The van der Waals surface area contributed by atoms with E-state index in [0.29, 0.717) is 12.5 Å². The molecule has 0 spiro atoms. The molecule has 1 aliphatic carbocycles. The number of amides is 1.